The number of sulfonamides is 1. The van der Waals surface area contributed by atoms with Crippen LogP contribution in [0, 0.1) is 11.3 Å². The van der Waals surface area contributed by atoms with E-state index in [0.717, 1.165) is 17.8 Å². The minimum Gasteiger partial charge on any atom is -0.322 e. The molecule has 34 heavy (non-hydrogen) atoms. The molecule has 3 aromatic rings. The van der Waals surface area contributed by atoms with Crippen LogP contribution in [-0.2, 0) is 10.0 Å². The summed E-state index contributed by atoms with van der Waals surface area (Å²) in [6.45, 7) is 0. The Hall–Kier alpha value is -3.29. The van der Waals surface area contributed by atoms with Crippen LogP contribution in [0.5, 0.6) is 0 Å². The fourth-order valence-corrected chi connectivity index (χ4v) is 6.32. The van der Waals surface area contributed by atoms with E-state index >= 15 is 0 Å². The second kappa shape index (κ2) is 9.52. The number of anilines is 1. The van der Waals surface area contributed by atoms with E-state index in [2.05, 4.69) is 10.0 Å². The predicted molar refractivity (Wildman–Crippen MR) is 130 cm³/mol. The van der Waals surface area contributed by atoms with E-state index in [-0.39, 0.29) is 36.5 Å². The van der Waals surface area contributed by atoms with Crippen LogP contribution in [0.15, 0.2) is 87.1 Å². The number of amides is 1. The van der Waals surface area contributed by atoms with Crippen LogP contribution in [0.25, 0.3) is 0 Å². The van der Waals surface area contributed by atoms with Gasteiger partial charge in [-0.3, -0.25) is 14.3 Å². The quantitative estimate of drug-likeness (QED) is 0.271. The first-order valence-corrected chi connectivity index (χ1v) is 12.6. The molecule has 0 fully saturated rings. The fraction of sp³-hybridized carbons (Fsp3) is 0. The van der Waals surface area contributed by atoms with Crippen molar-refractivity contribution in [3.8, 4) is 6.07 Å². The molecule has 1 aliphatic heterocycles. The molecule has 4 rings (SSSR count). The molecule has 0 aromatic heterocycles. The Balaban J connectivity index is 1.71. The Kier molecular flexibility index (Phi) is 6.68. The molecule has 1 amide bonds. The molecule has 0 saturated heterocycles. The summed E-state index contributed by atoms with van der Waals surface area (Å²) < 4.78 is 28.2. The molecule has 11 heteroatoms. The number of carbonyl (C=O) groups is 2. The molecule has 3 aromatic carbocycles. The van der Waals surface area contributed by atoms with E-state index in [1.54, 1.807) is 48.5 Å². The summed E-state index contributed by atoms with van der Waals surface area (Å²) in [5.74, 6) is -1.24. The highest BCUT2D eigenvalue weighted by molar-refractivity contribution is 8.05. The average Bonchev–Trinajstić information content (AvgIpc) is 2.80. The first kappa shape index (κ1) is 23.9. The van der Waals surface area contributed by atoms with Crippen LogP contribution in [0.3, 0.4) is 0 Å². The first-order chi connectivity index (χ1) is 16.2. The van der Waals surface area contributed by atoms with Gasteiger partial charge in [0, 0.05) is 21.2 Å². The van der Waals surface area contributed by atoms with Gasteiger partial charge in [-0.1, -0.05) is 65.3 Å². The molecule has 0 bridgehead atoms. The summed E-state index contributed by atoms with van der Waals surface area (Å²) in [5.41, 5.74) is 0.270. The summed E-state index contributed by atoms with van der Waals surface area (Å²) >= 11 is 13.0. The van der Waals surface area contributed by atoms with Crippen LogP contribution in [-0.4, -0.2) is 20.1 Å². The van der Waals surface area contributed by atoms with Crippen molar-refractivity contribution in [2.24, 2.45) is 0 Å². The van der Waals surface area contributed by atoms with Gasteiger partial charge in [0.2, 0.25) is 5.78 Å². The van der Waals surface area contributed by atoms with Crippen molar-refractivity contribution in [3.63, 3.8) is 0 Å². The van der Waals surface area contributed by atoms with Crippen LogP contribution in [0.2, 0.25) is 10.0 Å². The molecule has 1 aliphatic rings. The number of fused-ring (bicyclic) bond motifs is 1. The molecular formula is C23H13Cl2N3O4S2. The summed E-state index contributed by atoms with van der Waals surface area (Å²) in [6.07, 6.45) is 0. The zero-order chi connectivity index (χ0) is 24.5. The number of nitriles is 1. The van der Waals surface area contributed by atoms with Crippen molar-refractivity contribution in [2.75, 3.05) is 5.32 Å². The third-order valence-corrected chi connectivity index (χ3v) is 7.99. The number of nitrogens with one attached hydrogen (secondary N) is 2. The summed E-state index contributed by atoms with van der Waals surface area (Å²) in [7, 11) is -4.20. The lowest BCUT2D eigenvalue weighted by Crippen LogP contribution is -2.29. The summed E-state index contributed by atoms with van der Waals surface area (Å²) in [4.78, 5) is 25.5. The smallest absolute Gasteiger partial charge is 0.263 e. The third-order valence-electron chi connectivity index (χ3n) is 4.71. The van der Waals surface area contributed by atoms with Gasteiger partial charge in [-0.15, -0.1) is 0 Å². The van der Waals surface area contributed by atoms with E-state index in [4.69, 9.17) is 23.2 Å². The number of Topliss-reactive ketones (excluding diaryl/α,β-unsaturated/α-hetero) is 1. The third kappa shape index (κ3) is 4.81. The molecule has 2 N–H and O–H groups in total. The minimum absolute atomic E-state index is 0.00190. The summed E-state index contributed by atoms with van der Waals surface area (Å²) in [6, 6.07) is 18.7. The highest BCUT2D eigenvalue weighted by Crippen LogP contribution is 2.41. The van der Waals surface area contributed by atoms with Crippen molar-refractivity contribution in [1.82, 2.24) is 4.72 Å². The zero-order valence-electron chi connectivity index (χ0n) is 17.0. The van der Waals surface area contributed by atoms with Crippen molar-refractivity contribution >= 4 is 62.4 Å². The number of hydrogen-bond donors (Lipinski definition) is 2. The summed E-state index contributed by atoms with van der Waals surface area (Å²) in [5, 5.41) is 12.6. The van der Waals surface area contributed by atoms with Crippen LogP contribution >= 0.6 is 35.0 Å². The maximum absolute atomic E-state index is 13.0. The van der Waals surface area contributed by atoms with Crippen LogP contribution in [0.1, 0.15) is 20.7 Å². The number of thioether (sulfide) groups is 1. The lowest BCUT2D eigenvalue weighted by atomic mass is 10.1. The number of benzene rings is 3. The second-order valence-electron chi connectivity index (χ2n) is 6.96. The lowest BCUT2D eigenvalue weighted by molar-refractivity contribution is 0.102. The van der Waals surface area contributed by atoms with Crippen molar-refractivity contribution in [3.05, 3.63) is 98.5 Å². The topological polar surface area (TPSA) is 116 Å². The Labute approximate surface area is 209 Å². The molecule has 0 spiro atoms. The van der Waals surface area contributed by atoms with Crippen molar-refractivity contribution in [2.45, 2.75) is 9.79 Å². The van der Waals surface area contributed by atoms with Crippen LogP contribution in [0.4, 0.5) is 5.69 Å². The van der Waals surface area contributed by atoms with E-state index < -0.39 is 21.7 Å². The van der Waals surface area contributed by atoms with E-state index in [1.807, 2.05) is 0 Å². The molecule has 0 aliphatic carbocycles. The van der Waals surface area contributed by atoms with Gasteiger partial charge in [0.25, 0.3) is 15.9 Å². The maximum atomic E-state index is 13.0. The fourth-order valence-electron chi connectivity index (χ4n) is 3.08. The number of allylic oxidation sites excluding steroid dienone is 1. The number of carbonyl (C=O) groups excluding carboxylic acids is 2. The molecule has 7 nitrogen and oxygen atoms in total. The van der Waals surface area contributed by atoms with E-state index in [0.29, 0.717) is 10.7 Å². The Bertz CT molecular complexity index is 1500. The highest BCUT2D eigenvalue weighted by Gasteiger charge is 2.32. The van der Waals surface area contributed by atoms with Crippen molar-refractivity contribution < 1.29 is 18.0 Å². The minimum atomic E-state index is -4.20. The molecular weight excluding hydrogens is 517 g/mol. The van der Waals surface area contributed by atoms with Gasteiger partial charge in [0.15, 0.2) is 0 Å². The van der Waals surface area contributed by atoms with Gasteiger partial charge in [0.1, 0.15) is 21.6 Å². The molecule has 0 saturated carbocycles. The Morgan fingerprint density at radius 2 is 1.68 bits per heavy atom. The maximum Gasteiger partial charge on any atom is 0.263 e. The molecule has 0 radical (unpaired) electrons. The van der Waals surface area contributed by atoms with E-state index in [1.165, 1.54) is 18.2 Å². The van der Waals surface area contributed by atoms with Gasteiger partial charge >= 0.3 is 0 Å². The molecule has 0 unspecified atom stereocenters. The molecule has 170 valence electrons. The standard InChI is InChI=1S/C23H13Cl2N3O4S2/c24-14-6-8-15(9-7-14)27-22(30)16-10-20-19(11-18(16)25)33-23(28-34(20,31)32)17(12-26)21(29)13-4-2-1-3-5-13/h1-11,28H,(H,27,30). The number of halogens is 2. The SMILES string of the molecule is N#CC(C(=O)c1ccccc1)=C1NS(=O)(=O)c2cc(C(=O)Nc3ccc(Cl)cc3)c(Cl)cc2S1. The lowest BCUT2D eigenvalue weighted by Gasteiger charge is -2.22. The Morgan fingerprint density at radius 3 is 2.32 bits per heavy atom. The molecule has 1 heterocycles. The molecule has 0 atom stereocenters. The largest absolute Gasteiger partial charge is 0.322 e. The van der Waals surface area contributed by atoms with Gasteiger partial charge in [-0.25, -0.2) is 8.42 Å². The monoisotopic (exact) mass is 529 g/mol. The predicted octanol–water partition coefficient (Wildman–Crippen LogP) is 5.25. The second-order valence-corrected chi connectivity index (χ2v) is 10.5. The zero-order valence-corrected chi connectivity index (χ0v) is 20.1. The number of rotatable bonds is 4. The highest BCUT2D eigenvalue weighted by atomic mass is 35.5. The number of hydrogen-bond acceptors (Lipinski definition) is 6. The van der Waals surface area contributed by atoms with Gasteiger partial charge in [-0.2, -0.15) is 5.26 Å². The van der Waals surface area contributed by atoms with Gasteiger partial charge < -0.3 is 5.32 Å². The first-order valence-electron chi connectivity index (χ1n) is 9.55. The van der Waals surface area contributed by atoms with Crippen molar-refractivity contribution in [1.29, 1.82) is 5.26 Å². The average molecular weight is 530 g/mol. The Morgan fingerprint density at radius 1 is 1.00 bits per heavy atom. The van der Waals surface area contributed by atoms with E-state index in [9.17, 15) is 23.3 Å². The number of nitrogens with zero attached hydrogens (tertiary/aromatic N) is 1. The van der Waals surface area contributed by atoms with Gasteiger partial charge in [-0.05, 0) is 36.4 Å². The van der Waals surface area contributed by atoms with Gasteiger partial charge in [0.05, 0.1) is 10.6 Å². The normalized spacial score (nSPS) is 15.3. The van der Waals surface area contributed by atoms with Crippen LogP contribution < -0.4 is 10.0 Å². The number of ketones is 1.